The standard InChI is InChI=1S/C25H21N7O4S/c1-35-20-10-17(7-8-18(20)24(33)28-11-15-5-3-2-4-6-15)31-22-23-29-14-30-32(23)19(12-27-22)16-9-21(37-13-16)36-25(26)34/h2-10,12-14H,11H2,1H3,(H2,26,34)(H,27,31)(H,28,33). The highest BCUT2D eigenvalue weighted by Gasteiger charge is 2.16. The predicted octanol–water partition coefficient (Wildman–Crippen LogP) is 3.99. The van der Waals surface area contributed by atoms with E-state index >= 15 is 0 Å². The van der Waals surface area contributed by atoms with Crippen LogP contribution in [-0.4, -0.2) is 38.7 Å². The fraction of sp³-hybridized carbons (Fsp3) is 0.0800. The molecule has 186 valence electrons. The molecule has 2 amide bonds. The molecule has 0 saturated heterocycles. The summed E-state index contributed by atoms with van der Waals surface area (Å²) in [7, 11) is 1.51. The van der Waals surface area contributed by atoms with E-state index in [9.17, 15) is 9.59 Å². The summed E-state index contributed by atoms with van der Waals surface area (Å²) in [6.07, 6.45) is 2.16. The summed E-state index contributed by atoms with van der Waals surface area (Å²) in [6, 6.07) is 16.5. The number of hydrogen-bond acceptors (Lipinski definition) is 9. The number of aromatic nitrogens is 4. The van der Waals surface area contributed by atoms with E-state index < -0.39 is 6.09 Å². The molecule has 0 fully saturated rings. The summed E-state index contributed by atoms with van der Waals surface area (Å²) >= 11 is 1.23. The van der Waals surface area contributed by atoms with Crippen molar-refractivity contribution in [2.24, 2.45) is 5.73 Å². The van der Waals surface area contributed by atoms with Gasteiger partial charge >= 0.3 is 6.09 Å². The SMILES string of the molecule is COc1cc(Nc2ncc(-c3csc(OC(N)=O)c3)n3ncnc23)ccc1C(=O)NCc1ccccc1. The van der Waals surface area contributed by atoms with E-state index in [-0.39, 0.29) is 5.91 Å². The lowest BCUT2D eigenvalue weighted by molar-refractivity contribution is 0.0948. The van der Waals surface area contributed by atoms with Gasteiger partial charge in [0.1, 0.15) is 12.1 Å². The van der Waals surface area contributed by atoms with Crippen LogP contribution in [0.1, 0.15) is 15.9 Å². The number of nitrogens with two attached hydrogens (primary N) is 1. The second-order valence-corrected chi connectivity index (χ2v) is 8.65. The Bertz CT molecular complexity index is 1580. The molecule has 5 rings (SSSR count). The Morgan fingerprint density at radius 3 is 2.73 bits per heavy atom. The molecule has 0 aliphatic carbocycles. The number of hydrogen-bond donors (Lipinski definition) is 3. The van der Waals surface area contributed by atoms with Crippen LogP contribution in [0.5, 0.6) is 10.8 Å². The van der Waals surface area contributed by atoms with Gasteiger partial charge in [-0.2, -0.15) is 5.10 Å². The monoisotopic (exact) mass is 515 g/mol. The lowest BCUT2D eigenvalue weighted by Crippen LogP contribution is -2.23. The van der Waals surface area contributed by atoms with Gasteiger partial charge in [-0.15, -0.1) is 11.3 Å². The average molecular weight is 516 g/mol. The second-order valence-electron chi connectivity index (χ2n) is 7.77. The molecule has 5 aromatic rings. The summed E-state index contributed by atoms with van der Waals surface area (Å²) in [5.41, 5.74) is 9.01. The minimum Gasteiger partial charge on any atom is -0.496 e. The highest BCUT2D eigenvalue weighted by atomic mass is 32.1. The number of carbonyl (C=O) groups is 2. The van der Waals surface area contributed by atoms with Gasteiger partial charge in [0.2, 0.25) is 0 Å². The molecule has 4 N–H and O–H groups in total. The zero-order valence-electron chi connectivity index (χ0n) is 19.5. The van der Waals surface area contributed by atoms with Crippen molar-refractivity contribution in [3.63, 3.8) is 0 Å². The molecule has 11 nitrogen and oxygen atoms in total. The van der Waals surface area contributed by atoms with Gasteiger partial charge in [-0.3, -0.25) is 4.79 Å². The molecule has 3 heterocycles. The molecule has 0 unspecified atom stereocenters. The van der Waals surface area contributed by atoms with E-state index in [4.69, 9.17) is 15.2 Å². The number of methoxy groups -OCH3 is 1. The Kier molecular flexibility index (Phi) is 6.64. The molecule has 0 aliphatic rings. The zero-order valence-corrected chi connectivity index (χ0v) is 20.4. The molecule has 0 radical (unpaired) electrons. The second kappa shape index (κ2) is 10.3. The first-order valence-electron chi connectivity index (χ1n) is 11.0. The van der Waals surface area contributed by atoms with Gasteiger partial charge in [0.15, 0.2) is 16.5 Å². The van der Waals surface area contributed by atoms with Crippen molar-refractivity contribution in [2.45, 2.75) is 6.54 Å². The van der Waals surface area contributed by atoms with E-state index in [0.717, 1.165) is 11.1 Å². The van der Waals surface area contributed by atoms with Crippen LogP contribution in [-0.2, 0) is 6.54 Å². The maximum Gasteiger partial charge on any atom is 0.410 e. The van der Waals surface area contributed by atoms with E-state index in [1.165, 1.54) is 24.8 Å². The number of amides is 2. The van der Waals surface area contributed by atoms with Crippen LogP contribution >= 0.6 is 11.3 Å². The van der Waals surface area contributed by atoms with E-state index in [2.05, 4.69) is 25.7 Å². The lowest BCUT2D eigenvalue weighted by Gasteiger charge is -2.13. The molecule has 0 spiro atoms. The summed E-state index contributed by atoms with van der Waals surface area (Å²) in [6.45, 7) is 0.407. The number of anilines is 2. The fourth-order valence-corrected chi connectivity index (χ4v) is 4.43. The normalized spacial score (nSPS) is 10.7. The Labute approximate surface area is 214 Å². The van der Waals surface area contributed by atoms with Gasteiger partial charge in [0, 0.05) is 35.3 Å². The van der Waals surface area contributed by atoms with Gasteiger partial charge in [-0.05, 0) is 17.7 Å². The van der Waals surface area contributed by atoms with Crippen molar-refractivity contribution in [2.75, 3.05) is 12.4 Å². The van der Waals surface area contributed by atoms with Gasteiger partial charge < -0.3 is 25.8 Å². The first-order valence-corrected chi connectivity index (χ1v) is 11.9. The van der Waals surface area contributed by atoms with Crippen molar-refractivity contribution >= 4 is 40.5 Å². The molecule has 0 aliphatic heterocycles. The van der Waals surface area contributed by atoms with E-state index in [1.54, 1.807) is 40.4 Å². The number of ether oxygens (including phenoxy) is 2. The molecule has 37 heavy (non-hydrogen) atoms. The minimum atomic E-state index is -0.882. The molecular formula is C25H21N7O4S. The van der Waals surface area contributed by atoms with Crippen LogP contribution < -0.4 is 25.8 Å². The van der Waals surface area contributed by atoms with Crippen LogP contribution in [0.2, 0.25) is 0 Å². The quantitative estimate of drug-likeness (QED) is 0.281. The Balaban J connectivity index is 1.36. The van der Waals surface area contributed by atoms with E-state index in [0.29, 0.717) is 45.8 Å². The van der Waals surface area contributed by atoms with Crippen molar-refractivity contribution in [1.82, 2.24) is 24.9 Å². The first-order chi connectivity index (χ1) is 18.0. The van der Waals surface area contributed by atoms with Gasteiger partial charge in [0.25, 0.3) is 5.91 Å². The molecule has 2 aromatic carbocycles. The van der Waals surface area contributed by atoms with Crippen molar-refractivity contribution in [3.05, 3.63) is 83.6 Å². The van der Waals surface area contributed by atoms with Crippen LogP contribution in [0.4, 0.5) is 16.3 Å². The van der Waals surface area contributed by atoms with Crippen LogP contribution in [0.3, 0.4) is 0 Å². The number of benzene rings is 2. The fourth-order valence-electron chi connectivity index (χ4n) is 3.67. The number of primary amides is 1. The predicted molar refractivity (Wildman–Crippen MR) is 138 cm³/mol. The Morgan fingerprint density at radius 2 is 1.95 bits per heavy atom. The number of rotatable bonds is 8. The summed E-state index contributed by atoms with van der Waals surface area (Å²) in [4.78, 5) is 32.6. The largest absolute Gasteiger partial charge is 0.496 e. The molecule has 3 aromatic heterocycles. The number of thiophene rings is 1. The van der Waals surface area contributed by atoms with Gasteiger partial charge in [-0.25, -0.2) is 19.3 Å². The number of nitrogens with one attached hydrogen (secondary N) is 2. The van der Waals surface area contributed by atoms with Crippen LogP contribution in [0.25, 0.3) is 16.9 Å². The zero-order chi connectivity index (χ0) is 25.8. The maximum atomic E-state index is 12.8. The number of nitrogens with zero attached hydrogens (tertiary/aromatic N) is 4. The van der Waals surface area contributed by atoms with Crippen LogP contribution in [0.15, 0.2) is 72.5 Å². The van der Waals surface area contributed by atoms with Gasteiger partial charge in [0.05, 0.1) is 24.6 Å². The third-order valence-electron chi connectivity index (χ3n) is 5.38. The first kappa shape index (κ1) is 23.8. The lowest BCUT2D eigenvalue weighted by atomic mass is 10.1. The third kappa shape index (κ3) is 5.18. The van der Waals surface area contributed by atoms with Crippen LogP contribution in [0, 0.1) is 0 Å². The maximum absolute atomic E-state index is 12.8. The topological polar surface area (TPSA) is 146 Å². The number of fused-ring (bicyclic) bond motifs is 1. The van der Waals surface area contributed by atoms with Crippen molar-refractivity contribution in [1.29, 1.82) is 0 Å². The number of carbonyl (C=O) groups excluding carboxylic acids is 2. The smallest absolute Gasteiger partial charge is 0.410 e. The molecular weight excluding hydrogens is 494 g/mol. The van der Waals surface area contributed by atoms with E-state index in [1.807, 2.05) is 30.3 Å². The summed E-state index contributed by atoms with van der Waals surface area (Å²) < 4.78 is 12.0. The highest BCUT2D eigenvalue weighted by molar-refractivity contribution is 7.12. The van der Waals surface area contributed by atoms with Crippen molar-refractivity contribution < 1.29 is 19.1 Å². The summed E-state index contributed by atoms with van der Waals surface area (Å²) in [5.74, 6) is 0.614. The highest BCUT2D eigenvalue weighted by Crippen LogP contribution is 2.32. The third-order valence-corrected chi connectivity index (χ3v) is 6.19. The molecule has 0 saturated carbocycles. The van der Waals surface area contributed by atoms with Crippen molar-refractivity contribution in [3.8, 4) is 22.1 Å². The molecule has 0 atom stereocenters. The minimum absolute atomic E-state index is 0.245. The Morgan fingerprint density at radius 1 is 1.11 bits per heavy atom. The molecule has 0 bridgehead atoms. The molecule has 12 heteroatoms. The average Bonchev–Trinajstić information content (AvgIpc) is 3.58. The Hall–Kier alpha value is -4.97. The summed E-state index contributed by atoms with van der Waals surface area (Å²) in [5, 5.41) is 12.6. The van der Waals surface area contributed by atoms with Gasteiger partial charge in [-0.1, -0.05) is 30.3 Å².